The van der Waals surface area contributed by atoms with Crippen LogP contribution in [0.15, 0.2) is 36.4 Å². The minimum atomic E-state index is -0.0258. The molecule has 1 aromatic carbocycles. The van der Waals surface area contributed by atoms with Gasteiger partial charge in [-0.3, -0.25) is 0 Å². The van der Waals surface area contributed by atoms with Crippen molar-refractivity contribution >= 4 is 11.6 Å². The molecule has 1 N–H and O–H groups in total. The zero-order valence-corrected chi connectivity index (χ0v) is 11.7. The van der Waals surface area contributed by atoms with Gasteiger partial charge < -0.3 is 10.1 Å². The van der Waals surface area contributed by atoms with E-state index in [2.05, 4.69) is 22.4 Å². The highest BCUT2D eigenvalue weighted by Gasteiger charge is 2.15. The highest BCUT2D eigenvalue weighted by atomic mass is 35.5. The Morgan fingerprint density at radius 1 is 1.26 bits per heavy atom. The van der Waals surface area contributed by atoms with Gasteiger partial charge in [0.15, 0.2) is 0 Å². The van der Waals surface area contributed by atoms with Crippen molar-refractivity contribution in [1.82, 2.24) is 15.5 Å². The van der Waals surface area contributed by atoms with E-state index in [0.29, 0.717) is 10.9 Å². The number of nitrogens with one attached hydrogen (secondary N) is 1. The van der Waals surface area contributed by atoms with Crippen molar-refractivity contribution in [2.24, 2.45) is 0 Å². The lowest BCUT2D eigenvalue weighted by Gasteiger charge is -2.17. The van der Waals surface area contributed by atoms with Crippen LogP contribution >= 0.6 is 11.6 Å². The summed E-state index contributed by atoms with van der Waals surface area (Å²) in [5, 5.41) is 12.3. The van der Waals surface area contributed by atoms with Crippen molar-refractivity contribution in [3.05, 3.63) is 52.7 Å². The van der Waals surface area contributed by atoms with Crippen LogP contribution in [0.3, 0.4) is 0 Å². The van der Waals surface area contributed by atoms with Crippen molar-refractivity contribution in [1.29, 1.82) is 0 Å². The molecular weight excluding hydrogens is 262 g/mol. The zero-order valence-electron chi connectivity index (χ0n) is 10.9. The summed E-state index contributed by atoms with van der Waals surface area (Å²) in [6.45, 7) is 2.87. The van der Waals surface area contributed by atoms with Gasteiger partial charge in [0.2, 0.25) is 5.88 Å². The Hall–Kier alpha value is -1.65. The van der Waals surface area contributed by atoms with Gasteiger partial charge in [-0.15, -0.1) is 10.2 Å². The topological polar surface area (TPSA) is 47.0 Å². The summed E-state index contributed by atoms with van der Waals surface area (Å²) in [6.07, 6.45) is 0. The summed E-state index contributed by atoms with van der Waals surface area (Å²) in [7, 11) is 1.57. The van der Waals surface area contributed by atoms with Crippen molar-refractivity contribution in [3.8, 4) is 5.88 Å². The van der Waals surface area contributed by atoms with Gasteiger partial charge in [-0.25, -0.2) is 0 Å². The smallest absolute Gasteiger partial charge is 0.233 e. The molecule has 1 aromatic heterocycles. The Bertz CT molecular complexity index is 530. The molecular formula is C14H16ClN3O. The summed E-state index contributed by atoms with van der Waals surface area (Å²) >= 11 is 6.04. The molecule has 0 amide bonds. The number of hydrogen-bond acceptors (Lipinski definition) is 4. The van der Waals surface area contributed by atoms with Gasteiger partial charge in [-0.05, 0) is 30.3 Å². The summed E-state index contributed by atoms with van der Waals surface area (Å²) in [5.41, 5.74) is 1.90. The standard InChI is InChI=1S/C14H16ClN3O/c1-3-16-14(10-5-4-6-11(15)9-10)12-7-8-13(19-2)18-17-12/h4-9,14,16H,3H2,1-2H3. The molecule has 0 aliphatic heterocycles. The molecule has 100 valence electrons. The maximum absolute atomic E-state index is 6.04. The molecule has 0 bridgehead atoms. The SMILES string of the molecule is CCNC(c1cccc(Cl)c1)c1ccc(OC)nn1. The first kappa shape index (κ1) is 13.8. The second kappa shape index (κ2) is 6.50. The predicted molar refractivity (Wildman–Crippen MR) is 75.6 cm³/mol. The van der Waals surface area contributed by atoms with Gasteiger partial charge in [0.25, 0.3) is 0 Å². The van der Waals surface area contributed by atoms with Gasteiger partial charge in [-0.1, -0.05) is 30.7 Å². The zero-order chi connectivity index (χ0) is 13.7. The summed E-state index contributed by atoms with van der Waals surface area (Å²) in [5.74, 6) is 0.505. The Labute approximate surface area is 117 Å². The number of hydrogen-bond donors (Lipinski definition) is 1. The van der Waals surface area contributed by atoms with Crippen LogP contribution in [0.25, 0.3) is 0 Å². The molecule has 0 fully saturated rings. The molecule has 5 heteroatoms. The van der Waals surface area contributed by atoms with Crippen molar-refractivity contribution < 1.29 is 4.74 Å². The van der Waals surface area contributed by atoms with Crippen LogP contribution in [0.2, 0.25) is 5.02 Å². The lowest BCUT2D eigenvalue weighted by atomic mass is 10.0. The van der Waals surface area contributed by atoms with E-state index in [-0.39, 0.29) is 6.04 Å². The van der Waals surface area contributed by atoms with Crippen molar-refractivity contribution in [3.63, 3.8) is 0 Å². The lowest BCUT2D eigenvalue weighted by Crippen LogP contribution is -2.23. The second-order valence-corrected chi connectivity index (χ2v) is 4.48. The van der Waals surface area contributed by atoms with E-state index in [0.717, 1.165) is 17.8 Å². The third-order valence-electron chi connectivity index (χ3n) is 2.76. The Morgan fingerprint density at radius 3 is 2.68 bits per heavy atom. The second-order valence-electron chi connectivity index (χ2n) is 4.05. The van der Waals surface area contributed by atoms with Crippen LogP contribution in [0.5, 0.6) is 5.88 Å². The quantitative estimate of drug-likeness (QED) is 0.913. The van der Waals surface area contributed by atoms with Gasteiger partial charge in [0.1, 0.15) is 0 Å². The van der Waals surface area contributed by atoms with E-state index in [1.54, 1.807) is 13.2 Å². The molecule has 0 radical (unpaired) electrons. The van der Waals surface area contributed by atoms with Gasteiger partial charge in [0.05, 0.1) is 18.8 Å². The Balaban J connectivity index is 2.33. The molecule has 0 spiro atoms. The van der Waals surface area contributed by atoms with Crippen LogP contribution < -0.4 is 10.1 Å². The fourth-order valence-electron chi connectivity index (χ4n) is 1.88. The van der Waals surface area contributed by atoms with Gasteiger partial charge in [0, 0.05) is 11.1 Å². The number of aromatic nitrogens is 2. The van der Waals surface area contributed by atoms with E-state index >= 15 is 0 Å². The number of benzene rings is 1. The highest BCUT2D eigenvalue weighted by molar-refractivity contribution is 6.30. The monoisotopic (exact) mass is 277 g/mol. The molecule has 4 nitrogen and oxygen atoms in total. The number of ether oxygens (including phenoxy) is 1. The molecule has 0 aliphatic carbocycles. The molecule has 2 aromatic rings. The molecule has 0 aliphatic rings. The van der Waals surface area contributed by atoms with Crippen molar-refractivity contribution in [2.75, 3.05) is 13.7 Å². The fraction of sp³-hybridized carbons (Fsp3) is 0.286. The predicted octanol–water partition coefficient (Wildman–Crippen LogP) is 2.84. The Morgan fingerprint density at radius 2 is 2.11 bits per heavy atom. The van der Waals surface area contributed by atoms with Crippen molar-refractivity contribution in [2.45, 2.75) is 13.0 Å². The average Bonchev–Trinajstić information content (AvgIpc) is 2.45. The molecule has 0 saturated heterocycles. The third kappa shape index (κ3) is 3.43. The lowest BCUT2D eigenvalue weighted by molar-refractivity contribution is 0.390. The summed E-state index contributed by atoms with van der Waals surface area (Å²) < 4.78 is 5.02. The first-order valence-electron chi connectivity index (χ1n) is 6.11. The maximum Gasteiger partial charge on any atom is 0.233 e. The molecule has 0 saturated carbocycles. The molecule has 1 unspecified atom stereocenters. The first-order chi connectivity index (χ1) is 9.24. The largest absolute Gasteiger partial charge is 0.480 e. The number of rotatable bonds is 5. The normalized spacial score (nSPS) is 12.2. The molecule has 19 heavy (non-hydrogen) atoms. The fourth-order valence-corrected chi connectivity index (χ4v) is 2.08. The minimum absolute atomic E-state index is 0.0258. The van der Waals surface area contributed by atoms with Gasteiger partial charge in [-0.2, -0.15) is 0 Å². The van der Waals surface area contributed by atoms with E-state index in [1.165, 1.54) is 0 Å². The van der Waals surface area contributed by atoms with Crippen LogP contribution in [0.4, 0.5) is 0 Å². The van der Waals surface area contributed by atoms with Crippen LogP contribution in [-0.2, 0) is 0 Å². The first-order valence-corrected chi connectivity index (χ1v) is 6.49. The summed E-state index contributed by atoms with van der Waals surface area (Å²) in [6, 6.07) is 11.4. The van der Waals surface area contributed by atoms with E-state index in [9.17, 15) is 0 Å². The molecule has 1 atom stereocenters. The average molecular weight is 278 g/mol. The van der Waals surface area contributed by atoms with Gasteiger partial charge >= 0.3 is 0 Å². The van der Waals surface area contributed by atoms with E-state index in [4.69, 9.17) is 16.3 Å². The molecule has 1 heterocycles. The van der Waals surface area contributed by atoms with Crippen LogP contribution in [0.1, 0.15) is 24.2 Å². The number of methoxy groups -OCH3 is 1. The van der Waals surface area contributed by atoms with Crippen LogP contribution in [-0.4, -0.2) is 23.9 Å². The third-order valence-corrected chi connectivity index (χ3v) is 2.99. The highest BCUT2D eigenvalue weighted by Crippen LogP contribution is 2.23. The van der Waals surface area contributed by atoms with E-state index in [1.807, 2.05) is 30.3 Å². The van der Waals surface area contributed by atoms with Crippen LogP contribution in [0, 0.1) is 0 Å². The number of halogens is 1. The summed E-state index contributed by atoms with van der Waals surface area (Å²) in [4.78, 5) is 0. The Kier molecular flexibility index (Phi) is 4.71. The molecule has 2 rings (SSSR count). The maximum atomic E-state index is 6.04. The number of nitrogens with zero attached hydrogens (tertiary/aromatic N) is 2. The van der Waals surface area contributed by atoms with E-state index < -0.39 is 0 Å². The minimum Gasteiger partial charge on any atom is -0.480 e.